The van der Waals surface area contributed by atoms with Crippen molar-refractivity contribution in [1.82, 2.24) is 20.2 Å². The number of aromatic nitrogens is 2. The Kier molecular flexibility index (Phi) is 5.68. The fourth-order valence-electron chi connectivity index (χ4n) is 2.13. The minimum Gasteiger partial charge on any atom is -0.381 e. The van der Waals surface area contributed by atoms with Gasteiger partial charge in [-0.25, -0.2) is 4.98 Å². The van der Waals surface area contributed by atoms with E-state index in [2.05, 4.69) is 20.6 Å². The average molecular weight is 265 g/mol. The van der Waals surface area contributed by atoms with Gasteiger partial charge in [-0.15, -0.1) is 0 Å². The van der Waals surface area contributed by atoms with E-state index in [0.717, 1.165) is 51.6 Å². The van der Waals surface area contributed by atoms with Crippen molar-refractivity contribution in [1.29, 1.82) is 0 Å². The number of imidazole rings is 1. The first-order valence-electron chi connectivity index (χ1n) is 6.86. The van der Waals surface area contributed by atoms with E-state index >= 15 is 0 Å². The molecule has 2 rings (SSSR count). The van der Waals surface area contributed by atoms with Gasteiger partial charge in [0.15, 0.2) is 5.96 Å². The van der Waals surface area contributed by atoms with Gasteiger partial charge in [0.2, 0.25) is 0 Å². The van der Waals surface area contributed by atoms with Crippen molar-refractivity contribution in [3.8, 4) is 0 Å². The topological polar surface area (TPSA) is 63.5 Å². The van der Waals surface area contributed by atoms with Gasteiger partial charge in [0.05, 0.1) is 6.33 Å². The van der Waals surface area contributed by atoms with E-state index < -0.39 is 0 Å². The summed E-state index contributed by atoms with van der Waals surface area (Å²) in [4.78, 5) is 8.24. The Hall–Kier alpha value is -1.56. The Morgan fingerprint density at radius 3 is 2.95 bits per heavy atom. The summed E-state index contributed by atoms with van der Waals surface area (Å²) in [6.07, 6.45) is 7.84. The second-order valence-corrected chi connectivity index (χ2v) is 4.74. The number of hydrogen-bond acceptors (Lipinski definition) is 3. The third-order valence-corrected chi connectivity index (χ3v) is 3.34. The molecule has 0 unspecified atom stereocenters. The molecule has 0 saturated carbocycles. The third-order valence-electron chi connectivity index (χ3n) is 3.34. The highest BCUT2D eigenvalue weighted by Crippen LogP contribution is 2.12. The molecule has 1 aliphatic rings. The fourth-order valence-corrected chi connectivity index (χ4v) is 2.13. The van der Waals surface area contributed by atoms with Crippen LogP contribution >= 0.6 is 0 Å². The monoisotopic (exact) mass is 265 g/mol. The molecular formula is C13H23N5O. The maximum absolute atomic E-state index is 5.36. The molecule has 1 aromatic heterocycles. The van der Waals surface area contributed by atoms with Crippen LogP contribution in [0.25, 0.3) is 0 Å². The summed E-state index contributed by atoms with van der Waals surface area (Å²) in [6, 6.07) is 0. The second-order valence-electron chi connectivity index (χ2n) is 4.74. The van der Waals surface area contributed by atoms with Gasteiger partial charge in [-0.1, -0.05) is 0 Å². The highest BCUT2D eigenvalue weighted by Gasteiger charge is 2.13. The molecular weight excluding hydrogens is 242 g/mol. The van der Waals surface area contributed by atoms with Crippen LogP contribution in [0.4, 0.5) is 0 Å². The van der Waals surface area contributed by atoms with Crippen LogP contribution in [-0.2, 0) is 11.3 Å². The summed E-state index contributed by atoms with van der Waals surface area (Å²) in [5.41, 5.74) is 0. The highest BCUT2D eigenvalue weighted by atomic mass is 16.5. The standard InChI is InChI=1S/C13H23N5O/c1-14-13(16-5-7-18-6-4-15-11-18)17-10-12-2-8-19-9-3-12/h4,6,11-12H,2-3,5,7-10H2,1H3,(H2,14,16,17). The van der Waals surface area contributed by atoms with Gasteiger partial charge in [0.25, 0.3) is 0 Å². The van der Waals surface area contributed by atoms with Crippen LogP contribution < -0.4 is 10.6 Å². The van der Waals surface area contributed by atoms with Crippen molar-refractivity contribution < 1.29 is 4.74 Å². The minimum atomic E-state index is 0.695. The Balaban J connectivity index is 1.62. The van der Waals surface area contributed by atoms with Crippen LogP contribution in [0.1, 0.15) is 12.8 Å². The van der Waals surface area contributed by atoms with E-state index in [0.29, 0.717) is 5.92 Å². The molecule has 1 aromatic rings. The van der Waals surface area contributed by atoms with Crippen molar-refractivity contribution in [3.63, 3.8) is 0 Å². The number of aliphatic imine (C=N–C) groups is 1. The maximum atomic E-state index is 5.36. The van der Waals surface area contributed by atoms with Crippen molar-refractivity contribution in [2.75, 3.05) is 33.4 Å². The maximum Gasteiger partial charge on any atom is 0.191 e. The van der Waals surface area contributed by atoms with E-state index in [1.807, 2.05) is 17.1 Å². The SMILES string of the molecule is CN=C(NCCn1ccnc1)NCC1CCOCC1. The summed E-state index contributed by atoms with van der Waals surface area (Å²) >= 11 is 0. The molecule has 2 N–H and O–H groups in total. The summed E-state index contributed by atoms with van der Waals surface area (Å²) in [5.74, 6) is 1.56. The lowest BCUT2D eigenvalue weighted by molar-refractivity contribution is 0.0675. The molecule has 0 aliphatic carbocycles. The number of hydrogen-bond donors (Lipinski definition) is 2. The second kappa shape index (κ2) is 7.78. The Morgan fingerprint density at radius 2 is 2.26 bits per heavy atom. The minimum absolute atomic E-state index is 0.695. The van der Waals surface area contributed by atoms with Crippen molar-refractivity contribution in [3.05, 3.63) is 18.7 Å². The summed E-state index contributed by atoms with van der Waals surface area (Å²) < 4.78 is 7.40. The van der Waals surface area contributed by atoms with Gasteiger partial charge in [-0.05, 0) is 18.8 Å². The molecule has 19 heavy (non-hydrogen) atoms. The third kappa shape index (κ3) is 4.90. The van der Waals surface area contributed by atoms with Crippen LogP contribution in [0.3, 0.4) is 0 Å². The Bertz CT molecular complexity index is 370. The van der Waals surface area contributed by atoms with Crippen LogP contribution in [0, 0.1) is 5.92 Å². The molecule has 6 nitrogen and oxygen atoms in total. The molecule has 6 heteroatoms. The van der Waals surface area contributed by atoms with Crippen molar-refractivity contribution in [2.24, 2.45) is 10.9 Å². The number of rotatable bonds is 5. The van der Waals surface area contributed by atoms with Gasteiger partial charge in [-0.2, -0.15) is 0 Å². The Morgan fingerprint density at radius 1 is 1.42 bits per heavy atom. The first-order chi connectivity index (χ1) is 9.38. The van der Waals surface area contributed by atoms with E-state index in [-0.39, 0.29) is 0 Å². The first kappa shape index (κ1) is 13.9. The van der Waals surface area contributed by atoms with Gasteiger partial charge in [0.1, 0.15) is 0 Å². The van der Waals surface area contributed by atoms with Crippen LogP contribution in [0.5, 0.6) is 0 Å². The number of nitrogens with one attached hydrogen (secondary N) is 2. The lowest BCUT2D eigenvalue weighted by atomic mass is 10.0. The van der Waals surface area contributed by atoms with E-state index in [4.69, 9.17) is 4.74 Å². The summed E-state index contributed by atoms with van der Waals surface area (Å²) in [5, 5.41) is 6.68. The predicted octanol–water partition coefficient (Wildman–Crippen LogP) is 0.475. The van der Waals surface area contributed by atoms with Gasteiger partial charge in [-0.3, -0.25) is 4.99 Å². The fraction of sp³-hybridized carbons (Fsp3) is 0.692. The molecule has 0 radical (unpaired) electrons. The van der Waals surface area contributed by atoms with Crippen LogP contribution in [0.2, 0.25) is 0 Å². The first-order valence-corrected chi connectivity index (χ1v) is 6.86. The zero-order chi connectivity index (χ0) is 13.3. The van der Waals surface area contributed by atoms with Gasteiger partial charge < -0.3 is 19.9 Å². The van der Waals surface area contributed by atoms with E-state index in [9.17, 15) is 0 Å². The van der Waals surface area contributed by atoms with E-state index in [1.165, 1.54) is 0 Å². The quantitative estimate of drug-likeness (QED) is 0.600. The van der Waals surface area contributed by atoms with Crippen LogP contribution in [0.15, 0.2) is 23.7 Å². The predicted molar refractivity (Wildman–Crippen MR) is 75.1 cm³/mol. The summed E-state index contributed by atoms with van der Waals surface area (Å²) in [7, 11) is 1.80. The van der Waals surface area contributed by atoms with Crippen LogP contribution in [-0.4, -0.2) is 48.9 Å². The lowest BCUT2D eigenvalue weighted by Gasteiger charge is -2.23. The molecule has 106 valence electrons. The van der Waals surface area contributed by atoms with Gasteiger partial charge in [0, 0.05) is 52.3 Å². The van der Waals surface area contributed by atoms with Gasteiger partial charge >= 0.3 is 0 Å². The zero-order valence-electron chi connectivity index (χ0n) is 11.5. The number of ether oxygens (including phenoxy) is 1. The largest absolute Gasteiger partial charge is 0.381 e. The van der Waals surface area contributed by atoms with E-state index in [1.54, 1.807) is 13.2 Å². The molecule has 0 atom stereocenters. The van der Waals surface area contributed by atoms with Crippen molar-refractivity contribution >= 4 is 5.96 Å². The normalized spacial score (nSPS) is 17.4. The zero-order valence-corrected chi connectivity index (χ0v) is 11.5. The number of nitrogens with zero attached hydrogens (tertiary/aromatic N) is 3. The molecule has 0 spiro atoms. The van der Waals surface area contributed by atoms with Crippen molar-refractivity contribution in [2.45, 2.75) is 19.4 Å². The molecule has 1 saturated heterocycles. The highest BCUT2D eigenvalue weighted by molar-refractivity contribution is 5.79. The molecule has 0 aromatic carbocycles. The molecule has 1 aliphatic heterocycles. The number of guanidine groups is 1. The molecule has 2 heterocycles. The summed E-state index contributed by atoms with van der Waals surface area (Å²) in [6.45, 7) is 4.47. The lowest BCUT2D eigenvalue weighted by Crippen LogP contribution is -2.41. The molecule has 0 bridgehead atoms. The average Bonchev–Trinajstić information content (AvgIpc) is 2.97. The molecule has 0 amide bonds. The smallest absolute Gasteiger partial charge is 0.191 e. The molecule has 1 fully saturated rings. The Labute approximate surface area is 114 Å².